The summed E-state index contributed by atoms with van der Waals surface area (Å²) in [6.45, 7) is 5.12. The molecule has 0 aromatic carbocycles. The number of halogens is 2. The van der Waals surface area contributed by atoms with Crippen LogP contribution in [0, 0.1) is 28.6 Å². The summed E-state index contributed by atoms with van der Waals surface area (Å²) in [7, 11) is 0. The second kappa shape index (κ2) is 5.09. The van der Waals surface area contributed by atoms with Gasteiger partial charge >= 0.3 is 0 Å². The largest absolute Gasteiger partial charge is 0.0804 e. The molecule has 0 saturated heterocycles. The Morgan fingerprint density at radius 1 is 1.00 bits per heavy atom. The minimum atomic E-state index is 0.465. The molecular weight excluding hydrogens is 482 g/mol. The molecule has 0 spiro atoms. The molecule has 21 heavy (non-hydrogen) atoms. The van der Waals surface area contributed by atoms with Crippen molar-refractivity contribution in [2.45, 2.75) is 52.4 Å². The Bertz CT molecular complexity index is 570. The Hall–Kier alpha value is 0.680. The average Bonchev–Trinajstić information content (AvgIpc) is 2.76. The molecule has 0 aliphatic heterocycles. The third kappa shape index (κ3) is 2.10. The van der Waals surface area contributed by atoms with E-state index in [1.165, 1.54) is 38.5 Å². The minimum absolute atomic E-state index is 0.465. The maximum Gasteiger partial charge on any atom is 0.00136 e. The monoisotopic (exact) mass is 506 g/mol. The third-order valence-corrected chi connectivity index (χ3v) is 9.73. The highest BCUT2D eigenvalue weighted by molar-refractivity contribution is 14.1. The molecule has 0 amide bonds. The Morgan fingerprint density at radius 3 is 2.62 bits per heavy atom. The fourth-order valence-corrected chi connectivity index (χ4v) is 7.34. The van der Waals surface area contributed by atoms with Gasteiger partial charge in [0, 0.05) is 5.41 Å². The maximum absolute atomic E-state index is 2.63. The fraction of sp³-hybridized carbons (Fsp3) is 0.684. The maximum atomic E-state index is 2.63. The van der Waals surface area contributed by atoms with Gasteiger partial charge in [-0.2, -0.15) is 0 Å². The summed E-state index contributed by atoms with van der Waals surface area (Å²) in [6.07, 6.45) is 15.8. The average molecular weight is 506 g/mol. The van der Waals surface area contributed by atoms with Gasteiger partial charge in [-0.15, -0.1) is 0 Å². The Kier molecular flexibility index (Phi) is 3.69. The summed E-state index contributed by atoms with van der Waals surface area (Å²) in [5, 5.41) is 0. The van der Waals surface area contributed by atoms with Crippen molar-refractivity contribution in [1.82, 2.24) is 0 Å². The molecule has 4 rings (SSSR count). The van der Waals surface area contributed by atoms with Gasteiger partial charge in [-0.1, -0.05) is 26.0 Å². The molecule has 0 heterocycles. The van der Waals surface area contributed by atoms with Gasteiger partial charge in [0.1, 0.15) is 0 Å². The summed E-state index contributed by atoms with van der Waals surface area (Å²) in [5.41, 5.74) is 2.64. The molecule has 0 bridgehead atoms. The standard InChI is InChI=1S/C19H24I2/c1-18-9-7-13(20)11-12(18)3-4-14-15-5-6-17(21)19(15,2)10-8-16(14)18/h3,6,11,14-16H,4-5,7-10H2,1-2H3/t14-,15-,16+,18-,19-/m0/s1. The van der Waals surface area contributed by atoms with Crippen LogP contribution in [0.1, 0.15) is 52.4 Å². The smallest absolute Gasteiger partial charge is 0.00136 e. The van der Waals surface area contributed by atoms with Crippen molar-refractivity contribution in [2.75, 3.05) is 0 Å². The number of allylic oxidation sites excluding steroid dienone is 6. The zero-order chi connectivity index (χ0) is 14.8. The van der Waals surface area contributed by atoms with Crippen LogP contribution in [0.3, 0.4) is 0 Å². The van der Waals surface area contributed by atoms with Crippen molar-refractivity contribution >= 4 is 45.2 Å². The summed E-state index contributed by atoms with van der Waals surface area (Å²) < 4.78 is 3.22. The molecular formula is C19H24I2. The second-order valence-corrected chi connectivity index (χ2v) is 10.6. The van der Waals surface area contributed by atoms with E-state index in [4.69, 9.17) is 0 Å². The Labute approximate surface area is 156 Å². The fourth-order valence-electron chi connectivity index (χ4n) is 5.81. The molecule has 1 saturated carbocycles. The zero-order valence-electron chi connectivity index (χ0n) is 13.0. The van der Waals surface area contributed by atoms with Gasteiger partial charge in [0.15, 0.2) is 0 Å². The predicted molar refractivity (Wildman–Crippen MR) is 107 cm³/mol. The molecule has 0 aromatic heterocycles. The van der Waals surface area contributed by atoms with Gasteiger partial charge in [0.05, 0.1) is 0 Å². The van der Waals surface area contributed by atoms with E-state index < -0.39 is 0 Å². The van der Waals surface area contributed by atoms with Crippen LogP contribution in [0.15, 0.2) is 31.0 Å². The van der Waals surface area contributed by atoms with E-state index >= 15 is 0 Å². The molecule has 5 atom stereocenters. The molecule has 114 valence electrons. The van der Waals surface area contributed by atoms with E-state index in [0.29, 0.717) is 10.8 Å². The SMILES string of the molecule is C[C@]12CCC(I)=CC1=CC[C@@H]1[C@H]2CC[C@]2(C)C(I)=CC[C@@H]12. The van der Waals surface area contributed by atoms with Gasteiger partial charge in [-0.25, -0.2) is 0 Å². The first-order valence-electron chi connectivity index (χ1n) is 8.38. The van der Waals surface area contributed by atoms with Crippen molar-refractivity contribution in [2.24, 2.45) is 28.6 Å². The van der Waals surface area contributed by atoms with E-state index in [1.807, 2.05) is 0 Å². The van der Waals surface area contributed by atoms with Crippen LogP contribution < -0.4 is 0 Å². The highest BCUT2D eigenvalue weighted by atomic mass is 127. The minimum Gasteiger partial charge on any atom is -0.0804 e. The summed E-state index contributed by atoms with van der Waals surface area (Å²) in [5.74, 6) is 2.75. The van der Waals surface area contributed by atoms with E-state index in [0.717, 1.165) is 17.8 Å². The highest BCUT2D eigenvalue weighted by Crippen LogP contribution is 2.65. The van der Waals surface area contributed by atoms with Crippen LogP contribution in [-0.2, 0) is 0 Å². The van der Waals surface area contributed by atoms with Crippen molar-refractivity contribution in [3.05, 3.63) is 31.0 Å². The van der Waals surface area contributed by atoms with Crippen molar-refractivity contribution < 1.29 is 0 Å². The van der Waals surface area contributed by atoms with Gasteiger partial charge in [0.2, 0.25) is 0 Å². The van der Waals surface area contributed by atoms with Crippen LogP contribution in [-0.4, -0.2) is 0 Å². The molecule has 4 aliphatic rings. The molecule has 0 radical (unpaired) electrons. The number of fused-ring (bicyclic) bond motifs is 5. The lowest BCUT2D eigenvalue weighted by molar-refractivity contribution is -0.00579. The van der Waals surface area contributed by atoms with Crippen molar-refractivity contribution in [3.63, 3.8) is 0 Å². The molecule has 1 fully saturated rings. The summed E-state index contributed by atoms with van der Waals surface area (Å²) >= 11 is 5.17. The summed E-state index contributed by atoms with van der Waals surface area (Å²) in [6, 6.07) is 0. The van der Waals surface area contributed by atoms with Crippen LogP contribution in [0.5, 0.6) is 0 Å². The highest BCUT2D eigenvalue weighted by Gasteiger charge is 2.55. The van der Waals surface area contributed by atoms with Crippen LogP contribution in [0.2, 0.25) is 0 Å². The zero-order valence-corrected chi connectivity index (χ0v) is 17.3. The first-order valence-corrected chi connectivity index (χ1v) is 10.5. The quantitative estimate of drug-likeness (QED) is 0.317. The van der Waals surface area contributed by atoms with Crippen LogP contribution in [0.4, 0.5) is 0 Å². The van der Waals surface area contributed by atoms with Crippen molar-refractivity contribution in [1.29, 1.82) is 0 Å². The van der Waals surface area contributed by atoms with E-state index in [2.05, 4.69) is 77.3 Å². The molecule has 0 unspecified atom stereocenters. The molecule has 4 aliphatic carbocycles. The normalized spacial score (nSPS) is 48.6. The van der Waals surface area contributed by atoms with Crippen LogP contribution in [0.25, 0.3) is 0 Å². The molecule has 0 nitrogen and oxygen atoms in total. The number of rotatable bonds is 0. The number of hydrogen-bond acceptors (Lipinski definition) is 0. The Morgan fingerprint density at radius 2 is 1.81 bits per heavy atom. The molecule has 2 heteroatoms. The lowest BCUT2D eigenvalue weighted by atomic mass is 9.49. The first-order chi connectivity index (χ1) is 9.95. The van der Waals surface area contributed by atoms with Gasteiger partial charge in [0.25, 0.3) is 0 Å². The lowest BCUT2D eigenvalue weighted by Crippen LogP contribution is -2.48. The van der Waals surface area contributed by atoms with Gasteiger partial charge in [-0.3, -0.25) is 0 Å². The Balaban J connectivity index is 1.72. The number of hydrogen-bond donors (Lipinski definition) is 0. The second-order valence-electron chi connectivity index (χ2n) is 8.02. The van der Waals surface area contributed by atoms with Gasteiger partial charge < -0.3 is 0 Å². The van der Waals surface area contributed by atoms with Crippen molar-refractivity contribution in [3.8, 4) is 0 Å². The van der Waals surface area contributed by atoms with Gasteiger partial charge in [-0.05, 0) is 126 Å². The van der Waals surface area contributed by atoms with E-state index in [9.17, 15) is 0 Å². The van der Waals surface area contributed by atoms with E-state index in [1.54, 1.807) is 12.7 Å². The van der Waals surface area contributed by atoms with E-state index in [-0.39, 0.29) is 0 Å². The molecule has 0 N–H and O–H groups in total. The topological polar surface area (TPSA) is 0 Å². The predicted octanol–water partition coefficient (Wildman–Crippen LogP) is 6.81. The first kappa shape index (κ1) is 15.2. The van der Waals surface area contributed by atoms with Crippen LogP contribution >= 0.6 is 45.2 Å². The molecule has 0 aromatic rings. The lowest BCUT2D eigenvalue weighted by Gasteiger charge is -2.56. The third-order valence-electron chi connectivity index (χ3n) is 7.21. The summed E-state index contributed by atoms with van der Waals surface area (Å²) in [4.78, 5) is 0.